The van der Waals surface area contributed by atoms with Gasteiger partial charge in [0, 0.05) is 12.2 Å². The first-order chi connectivity index (χ1) is 12.5. The van der Waals surface area contributed by atoms with Crippen molar-refractivity contribution in [3.8, 4) is 5.75 Å². The van der Waals surface area contributed by atoms with E-state index in [-0.39, 0.29) is 48.2 Å². The third-order valence-electron chi connectivity index (χ3n) is 3.88. The molecule has 0 aliphatic heterocycles. The lowest BCUT2D eigenvalue weighted by atomic mass is 10.0. The lowest BCUT2D eigenvalue weighted by molar-refractivity contribution is -0.114. The fourth-order valence-corrected chi connectivity index (χ4v) is 2.57. The van der Waals surface area contributed by atoms with Crippen LogP contribution in [0.2, 0.25) is 0 Å². The molecule has 6 nitrogen and oxygen atoms in total. The van der Waals surface area contributed by atoms with Crippen LogP contribution in [0.3, 0.4) is 0 Å². The number of amides is 1. The summed E-state index contributed by atoms with van der Waals surface area (Å²) in [4.78, 5) is 16.4. The molecule has 0 aromatic heterocycles. The number of aliphatic imine (C=N–C) groups is 1. The van der Waals surface area contributed by atoms with Crippen molar-refractivity contribution in [3.05, 3.63) is 59.7 Å². The van der Waals surface area contributed by atoms with Crippen molar-refractivity contribution < 1.29 is 9.90 Å². The van der Waals surface area contributed by atoms with Crippen LogP contribution in [0.4, 0.5) is 5.69 Å². The van der Waals surface area contributed by atoms with Gasteiger partial charge >= 0.3 is 0 Å². The molecule has 0 saturated carbocycles. The van der Waals surface area contributed by atoms with Crippen LogP contribution < -0.4 is 16.0 Å². The second-order valence-corrected chi connectivity index (χ2v) is 6.01. The number of phenolic OH excluding ortho intramolecular Hbond substituents is 1. The Kier molecular flexibility index (Phi) is 9.63. The van der Waals surface area contributed by atoms with E-state index in [1.54, 1.807) is 12.1 Å². The molecule has 2 aromatic carbocycles. The molecule has 7 heteroatoms. The number of rotatable bonds is 6. The number of aryl methyl sites for hydroxylation is 1. The van der Waals surface area contributed by atoms with Crippen LogP contribution in [0.5, 0.6) is 5.75 Å². The number of guanidine groups is 1. The predicted molar refractivity (Wildman–Crippen MR) is 121 cm³/mol. The highest BCUT2D eigenvalue weighted by Gasteiger charge is 2.10. The van der Waals surface area contributed by atoms with Gasteiger partial charge in [0.25, 0.3) is 0 Å². The fourth-order valence-electron chi connectivity index (χ4n) is 2.57. The number of hydrogen-bond donors (Lipinski definition) is 4. The van der Waals surface area contributed by atoms with Gasteiger partial charge in [-0.2, -0.15) is 0 Å². The molecule has 0 aliphatic rings. The zero-order chi connectivity index (χ0) is 18.9. The first-order valence-corrected chi connectivity index (χ1v) is 8.69. The van der Waals surface area contributed by atoms with Crippen LogP contribution >= 0.6 is 24.0 Å². The molecule has 27 heavy (non-hydrogen) atoms. The average Bonchev–Trinajstić information content (AvgIpc) is 2.62. The molecular formula is C20H27IN4O2. The quantitative estimate of drug-likeness (QED) is 0.220. The zero-order valence-corrected chi connectivity index (χ0v) is 18.2. The first kappa shape index (κ1) is 22.8. The van der Waals surface area contributed by atoms with Crippen molar-refractivity contribution in [2.75, 3.05) is 18.4 Å². The van der Waals surface area contributed by atoms with E-state index >= 15 is 0 Å². The largest absolute Gasteiger partial charge is 0.508 e. The number of nitrogens with zero attached hydrogens (tertiary/aromatic N) is 1. The van der Waals surface area contributed by atoms with E-state index in [1.807, 2.05) is 19.1 Å². The summed E-state index contributed by atoms with van der Waals surface area (Å²) in [5.41, 5.74) is 3.01. The second-order valence-electron chi connectivity index (χ2n) is 6.01. The number of halogens is 1. The molecule has 2 rings (SSSR count). The third-order valence-corrected chi connectivity index (χ3v) is 3.88. The number of phenols is 1. The van der Waals surface area contributed by atoms with Gasteiger partial charge in [0.05, 0.1) is 6.04 Å². The summed E-state index contributed by atoms with van der Waals surface area (Å²) in [6.45, 7) is 6.81. The number of benzene rings is 2. The van der Waals surface area contributed by atoms with Crippen LogP contribution in [-0.2, 0) is 4.79 Å². The molecule has 0 radical (unpaired) electrons. The maximum absolute atomic E-state index is 12.1. The second kappa shape index (κ2) is 11.4. The van der Waals surface area contributed by atoms with Crippen molar-refractivity contribution in [2.24, 2.45) is 4.99 Å². The zero-order valence-electron chi connectivity index (χ0n) is 15.8. The summed E-state index contributed by atoms with van der Waals surface area (Å²) in [7, 11) is 0. The van der Waals surface area contributed by atoms with Crippen LogP contribution in [0.15, 0.2) is 53.5 Å². The number of aromatic hydroxyl groups is 1. The number of hydrogen-bond acceptors (Lipinski definition) is 3. The molecule has 1 unspecified atom stereocenters. The van der Waals surface area contributed by atoms with Crippen molar-refractivity contribution >= 4 is 41.5 Å². The smallest absolute Gasteiger partial charge is 0.246 e. The van der Waals surface area contributed by atoms with Gasteiger partial charge in [-0.15, -0.1) is 24.0 Å². The summed E-state index contributed by atoms with van der Waals surface area (Å²) in [5.74, 6) is 0.519. The lowest BCUT2D eigenvalue weighted by Crippen LogP contribution is -2.39. The van der Waals surface area contributed by atoms with E-state index in [9.17, 15) is 9.90 Å². The minimum absolute atomic E-state index is 0. The highest BCUT2D eigenvalue weighted by molar-refractivity contribution is 14.0. The third kappa shape index (κ3) is 7.46. The van der Waals surface area contributed by atoms with Gasteiger partial charge < -0.3 is 21.1 Å². The maximum Gasteiger partial charge on any atom is 0.246 e. The predicted octanol–water partition coefficient (Wildman–Crippen LogP) is 3.57. The van der Waals surface area contributed by atoms with Crippen LogP contribution in [0.25, 0.3) is 0 Å². The van der Waals surface area contributed by atoms with E-state index < -0.39 is 0 Å². The van der Waals surface area contributed by atoms with E-state index in [0.717, 1.165) is 0 Å². The van der Waals surface area contributed by atoms with Crippen molar-refractivity contribution in [2.45, 2.75) is 26.8 Å². The molecule has 0 bridgehead atoms. The summed E-state index contributed by atoms with van der Waals surface area (Å²) in [6, 6.07) is 14.6. The molecule has 4 N–H and O–H groups in total. The Morgan fingerprint density at radius 3 is 2.44 bits per heavy atom. The Hall–Kier alpha value is -2.29. The van der Waals surface area contributed by atoms with Gasteiger partial charge in [-0.05, 0) is 56.2 Å². The van der Waals surface area contributed by atoms with Crippen molar-refractivity contribution in [1.29, 1.82) is 0 Å². The number of anilines is 1. The Bertz CT molecular complexity index is 763. The maximum atomic E-state index is 12.1. The van der Waals surface area contributed by atoms with Crippen LogP contribution in [-0.4, -0.2) is 30.1 Å². The van der Waals surface area contributed by atoms with E-state index in [0.29, 0.717) is 18.2 Å². The number of carbonyl (C=O) groups excluding carboxylic acids is 1. The van der Waals surface area contributed by atoms with Crippen molar-refractivity contribution in [1.82, 2.24) is 10.6 Å². The summed E-state index contributed by atoms with van der Waals surface area (Å²) in [6.07, 6.45) is 0. The Balaban J connectivity index is 0.00000364. The number of nitrogens with one attached hydrogen (secondary N) is 3. The lowest BCUT2D eigenvalue weighted by Gasteiger charge is -2.19. The SMILES string of the molecule is CCNC(=NCC(=O)Nc1ccc(O)cc1)NC(C)c1ccccc1C.I. The average molecular weight is 482 g/mol. The van der Waals surface area contributed by atoms with Gasteiger partial charge in [0.15, 0.2) is 5.96 Å². The molecular weight excluding hydrogens is 455 g/mol. The van der Waals surface area contributed by atoms with Gasteiger partial charge in [-0.25, -0.2) is 4.99 Å². The fraction of sp³-hybridized carbons (Fsp3) is 0.300. The van der Waals surface area contributed by atoms with Gasteiger partial charge in [-0.1, -0.05) is 24.3 Å². The molecule has 1 amide bonds. The monoisotopic (exact) mass is 482 g/mol. The van der Waals surface area contributed by atoms with Gasteiger partial charge in [0.1, 0.15) is 12.3 Å². The highest BCUT2D eigenvalue weighted by atomic mass is 127. The number of carbonyl (C=O) groups is 1. The highest BCUT2D eigenvalue weighted by Crippen LogP contribution is 2.16. The van der Waals surface area contributed by atoms with E-state index in [1.165, 1.54) is 23.3 Å². The molecule has 146 valence electrons. The summed E-state index contributed by atoms with van der Waals surface area (Å²) in [5, 5.41) is 18.5. The summed E-state index contributed by atoms with van der Waals surface area (Å²) < 4.78 is 0. The van der Waals surface area contributed by atoms with E-state index in [2.05, 4.69) is 46.9 Å². The molecule has 0 aliphatic carbocycles. The molecule has 0 spiro atoms. The van der Waals surface area contributed by atoms with E-state index in [4.69, 9.17) is 0 Å². The molecule has 0 fully saturated rings. The Morgan fingerprint density at radius 2 is 1.81 bits per heavy atom. The first-order valence-electron chi connectivity index (χ1n) is 8.69. The van der Waals surface area contributed by atoms with Gasteiger partial charge in [0.2, 0.25) is 5.91 Å². The van der Waals surface area contributed by atoms with Crippen LogP contribution in [0, 0.1) is 6.92 Å². The minimum Gasteiger partial charge on any atom is -0.508 e. The van der Waals surface area contributed by atoms with Gasteiger partial charge in [-0.3, -0.25) is 4.79 Å². The molecule has 1 atom stereocenters. The Morgan fingerprint density at radius 1 is 1.15 bits per heavy atom. The molecule has 0 heterocycles. The topological polar surface area (TPSA) is 85.8 Å². The molecule has 2 aromatic rings. The minimum atomic E-state index is -0.226. The van der Waals surface area contributed by atoms with Crippen molar-refractivity contribution in [3.63, 3.8) is 0 Å². The van der Waals surface area contributed by atoms with Crippen LogP contribution in [0.1, 0.15) is 31.0 Å². The standard InChI is InChI=1S/C20H26N4O2.HI/c1-4-21-20(23-15(3)18-8-6-5-7-14(18)2)22-13-19(26)24-16-9-11-17(25)12-10-16;/h5-12,15,25H,4,13H2,1-3H3,(H,24,26)(H2,21,22,23);1H. The normalized spacial score (nSPS) is 11.9. The Labute approximate surface area is 177 Å². The molecule has 0 saturated heterocycles. The summed E-state index contributed by atoms with van der Waals surface area (Å²) >= 11 is 0.